The van der Waals surface area contributed by atoms with Crippen LogP contribution in [0.4, 0.5) is 0 Å². The first-order valence-electron chi connectivity index (χ1n) is 5.79. The number of nitrogens with zero attached hydrogens (tertiary/aromatic N) is 4. The second kappa shape index (κ2) is 4.93. The van der Waals surface area contributed by atoms with Gasteiger partial charge in [-0.1, -0.05) is 4.49 Å². The minimum atomic E-state index is 0.481. The summed E-state index contributed by atoms with van der Waals surface area (Å²) in [5.74, 6) is 1.37. The first kappa shape index (κ1) is 10.9. The molecule has 1 aliphatic rings. The Hall–Kier alpha value is -1.27. The lowest BCUT2D eigenvalue weighted by Gasteiger charge is -2.29. The van der Waals surface area contributed by atoms with Crippen molar-refractivity contribution in [3.8, 4) is 0 Å². The van der Waals surface area contributed by atoms with Gasteiger partial charge >= 0.3 is 0 Å². The Balaban J connectivity index is 1.54. The Morgan fingerprint density at radius 1 is 1.41 bits per heavy atom. The first-order chi connectivity index (χ1) is 8.42. The lowest BCUT2D eigenvalue weighted by molar-refractivity contribution is 0.191. The van der Waals surface area contributed by atoms with Gasteiger partial charge in [-0.3, -0.25) is 4.90 Å². The molecule has 0 N–H and O–H groups in total. The average Bonchev–Trinajstić information content (AvgIpc) is 3.01. The van der Waals surface area contributed by atoms with Gasteiger partial charge in [-0.25, -0.2) is 4.98 Å². The lowest BCUT2D eigenvalue weighted by atomic mass is 9.97. The normalized spacial score (nSPS) is 18.6. The van der Waals surface area contributed by atoms with E-state index in [1.165, 1.54) is 11.5 Å². The third-order valence-corrected chi connectivity index (χ3v) is 3.73. The molecule has 90 valence electrons. The molecule has 17 heavy (non-hydrogen) atoms. The lowest BCUT2D eigenvalue weighted by Crippen LogP contribution is -2.32. The molecular weight excluding hydrogens is 236 g/mol. The molecule has 0 bridgehead atoms. The first-order valence-corrected chi connectivity index (χ1v) is 6.63. The van der Waals surface area contributed by atoms with Gasteiger partial charge in [0.25, 0.3) is 0 Å². The molecule has 2 aromatic heterocycles. The maximum atomic E-state index is 5.36. The van der Waals surface area contributed by atoms with Crippen molar-refractivity contribution in [3.05, 3.63) is 29.4 Å². The fourth-order valence-electron chi connectivity index (χ4n) is 2.26. The van der Waals surface area contributed by atoms with Crippen LogP contribution in [-0.4, -0.2) is 32.6 Å². The second-order valence-electron chi connectivity index (χ2n) is 4.32. The van der Waals surface area contributed by atoms with E-state index >= 15 is 0 Å². The molecule has 0 amide bonds. The monoisotopic (exact) mass is 250 g/mol. The van der Waals surface area contributed by atoms with Crippen LogP contribution in [0.1, 0.15) is 30.3 Å². The van der Waals surface area contributed by atoms with Gasteiger partial charge in [0, 0.05) is 17.8 Å². The molecule has 0 radical (unpaired) electrons. The number of likely N-dealkylation sites (tertiary alicyclic amines) is 1. The van der Waals surface area contributed by atoms with Crippen LogP contribution in [-0.2, 0) is 6.54 Å². The maximum absolute atomic E-state index is 5.36. The highest BCUT2D eigenvalue weighted by Gasteiger charge is 2.23. The van der Waals surface area contributed by atoms with Gasteiger partial charge in [0.1, 0.15) is 6.26 Å². The van der Waals surface area contributed by atoms with Gasteiger partial charge in [0.05, 0.1) is 11.9 Å². The zero-order valence-corrected chi connectivity index (χ0v) is 10.3. The average molecular weight is 250 g/mol. The van der Waals surface area contributed by atoms with E-state index in [0.29, 0.717) is 5.92 Å². The molecule has 0 aliphatic carbocycles. The molecule has 3 rings (SSSR count). The van der Waals surface area contributed by atoms with Crippen LogP contribution in [0.25, 0.3) is 0 Å². The van der Waals surface area contributed by atoms with E-state index < -0.39 is 0 Å². The van der Waals surface area contributed by atoms with E-state index in [1.54, 1.807) is 12.5 Å². The summed E-state index contributed by atoms with van der Waals surface area (Å²) in [7, 11) is 0. The second-order valence-corrected chi connectivity index (χ2v) is 4.93. The van der Waals surface area contributed by atoms with Crippen LogP contribution in [0.15, 0.2) is 22.3 Å². The van der Waals surface area contributed by atoms with Crippen molar-refractivity contribution in [2.45, 2.75) is 25.3 Å². The van der Waals surface area contributed by atoms with Crippen molar-refractivity contribution in [2.24, 2.45) is 0 Å². The number of rotatable bonds is 3. The highest BCUT2D eigenvalue weighted by Crippen LogP contribution is 2.27. The van der Waals surface area contributed by atoms with E-state index in [-0.39, 0.29) is 0 Å². The minimum absolute atomic E-state index is 0.481. The molecule has 5 nitrogen and oxygen atoms in total. The molecule has 0 spiro atoms. The van der Waals surface area contributed by atoms with Crippen molar-refractivity contribution in [1.82, 2.24) is 19.5 Å². The predicted molar refractivity (Wildman–Crippen MR) is 63.7 cm³/mol. The molecule has 2 aromatic rings. The topological polar surface area (TPSA) is 55.1 Å². The van der Waals surface area contributed by atoms with Crippen LogP contribution < -0.4 is 0 Å². The van der Waals surface area contributed by atoms with E-state index in [0.717, 1.165) is 44.1 Å². The van der Waals surface area contributed by atoms with Crippen molar-refractivity contribution in [3.63, 3.8) is 0 Å². The Kier molecular flexibility index (Phi) is 3.15. The number of hydrogen-bond acceptors (Lipinski definition) is 6. The van der Waals surface area contributed by atoms with Crippen LogP contribution in [0.3, 0.4) is 0 Å². The molecule has 6 heteroatoms. The van der Waals surface area contributed by atoms with Crippen molar-refractivity contribution in [2.75, 3.05) is 13.1 Å². The molecule has 0 saturated carbocycles. The van der Waals surface area contributed by atoms with Crippen molar-refractivity contribution in [1.29, 1.82) is 0 Å². The molecule has 0 atom stereocenters. The summed E-state index contributed by atoms with van der Waals surface area (Å²) in [6, 6.07) is 0. The molecule has 1 saturated heterocycles. The Morgan fingerprint density at radius 3 is 2.94 bits per heavy atom. The number of oxazole rings is 1. The number of aromatic nitrogens is 3. The van der Waals surface area contributed by atoms with E-state index in [9.17, 15) is 0 Å². The quantitative estimate of drug-likeness (QED) is 0.832. The third-order valence-electron chi connectivity index (χ3n) is 3.18. The Labute approximate surface area is 104 Å². The third kappa shape index (κ3) is 2.53. The molecule has 0 aromatic carbocycles. The van der Waals surface area contributed by atoms with Crippen molar-refractivity contribution < 1.29 is 4.42 Å². The van der Waals surface area contributed by atoms with Gasteiger partial charge < -0.3 is 4.42 Å². The highest BCUT2D eigenvalue weighted by molar-refractivity contribution is 7.03. The van der Waals surface area contributed by atoms with E-state index in [1.807, 2.05) is 5.38 Å². The number of piperidine rings is 1. The largest absolute Gasteiger partial charge is 0.449 e. The van der Waals surface area contributed by atoms with Gasteiger partial charge in [0.15, 0.2) is 5.89 Å². The van der Waals surface area contributed by atoms with Crippen molar-refractivity contribution >= 4 is 11.5 Å². The maximum Gasteiger partial charge on any atom is 0.197 e. The summed E-state index contributed by atoms with van der Waals surface area (Å²) in [6.45, 7) is 3.06. The van der Waals surface area contributed by atoms with Gasteiger partial charge in [-0.2, -0.15) is 0 Å². The minimum Gasteiger partial charge on any atom is -0.449 e. The Bertz CT molecular complexity index is 434. The summed E-state index contributed by atoms with van der Waals surface area (Å²) >= 11 is 1.41. The zero-order chi connectivity index (χ0) is 11.5. The van der Waals surface area contributed by atoms with Crippen LogP contribution >= 0.6 is 11.5 Å². The molecule has 1 aliphatic heterocycles. The van der Waals surface area contributed by atoms with E-state index in [4.69, 9.17) is 4.42 Å². The van der Waals surface area contributed by atoms with Gasteiger partial charge in [0.2, 0.25) is 0 Å². The molecule has 1 fully saturated rings. The highest BCUT2D eigenvalue weighted by atomic mass is 32.1. The van der Waals surface area contributed by atoms with Crippen LogP contribution in [0.5, 0.6) is 0 Å². The molecule has 0 unspecified atom stereocenters. The Morgan fingerprint density at radius 2 is 2.29 bits per heavy atom. The fourth-order valence-corrected chi connectivity index (χ4v) is 2.70. The fraction of sp³-hybridized carbons (Fsp3) is 0.545. The summed E-state index contributed by atoms with van der Waals surface area (Å²) in [6.07, 6.45) is 5.60. The SMILES string of the molecule is c1coc(C2CCN(Cc3csnn3)CC2)n1. The molecular formula is C11H14N4OS. The molecule has 3 heterocycles. The smallest absolute Gasteiger partial charge is 0.197 e. The van der Waals surface area contributed by atoms with E-state index in [2.05, 4.69) is 19.5 Å². The summed E-state index contributed by atoms with van der Waals surface area (Å²) < 4.78 is 9.25. The predicted octanol–water partition coefficient (Wildman–Crippen LogP) is 1.91. The van der Waals surface area contributed by atoms with Crippen LogP contribution in [0, 0.1) is 0 Å². The summed E-state index contributed by atoms with van der Waals surface area (Å²) in [5, 5.41) is 6.09. The van der Waals surface area contributed by atoms with Gasteiger partial charge in [-0.05, 0) is 37.5 Å². The number of hydrogen-bond donors (Lipinski definition) is 0. The zero-order valence-electron chi connectivity index (χ0n) is 9.45. The summed E-state index contributed by atoms with van der Waals surface area (Å²) in [5.41, 5.74) is 1.07. The van der Waals surface area contributed by atoms with Crippen LogP contribution in [0.2, 0.25) is 0 Å². The standard InChI is InChI=1S/C11H14N4OS/c1-4-15(7-10-8-17-14-13-10)5-2-9(1)11-12-3-6-16-11/h3,6,8-9H,1-2,4-5,7H2. The van der Waals surface area contributed by atoms with Gasteiger partial charge in [-0.15, -0.1) is 5.10 Å². The summed E-state index contributed by atoms with van der Waals surface area (Å²) in [4.78, 5) is 6.65.